The second-order valence-electron chi connectivity index (χ2n) is 13.2. The minimum absolute atomic E-state index is 0.0526. The van der Waals surface area contributed by atoms with E-state index in [0.29, 0.717) is 54.4 Å². The molecule has 1 aliphatic heterocycles. The second-order valence-corrected chi connectivity index (χ2v) is 14.1. The summed E-state index contributed by atoms with van der Waals surface area (Å²) < 4.78 is 1.59. The molecule has 3 N–H and O–H groups in total. The topological polar surface area (TPSA) is 134 Å². The van der Waals surface area contributed by atoms with Crippen LogP contribution in [0.25, 0.3) is 0 Å². The highest BCUT2D eigenvalue weighted by molar-refractivity contribution is 7.09. The number of nitrogens with one attached hydrogen (secondary N) is 3. The first-order valence-electron chi connectivity index (χ1n) is 15.9. The van der Waals surface area contributed by atoms with Gasteiger partial charge in [0, 0.05) is 24.5 Å². The van der Waals surface area contributed by atoms with Crippen molar-refractivity contribution in [3.8, 4) is 0 Å². The lowest BCUT2D eigenvalue weighted by atomic mass is 10.0. The maximum atomic E-state index is 13.7. The van der Waals surface area contributed by atoms with E-state index in [-0.39, 0.29) is 54.5 Å². The van der Waals surface area contributed by atoms with E-state index in [2.05, 4.69) is 72.5 Å². The fourth-order valence-corrected chi connectivity index (χ4v) is 6.50. The summed E-state index contributed by atoms with van der Waals surface area (Å²) in [5, 5.41) is 16.5. The molecule has 2 aromatic heterocycles. The van der Waals surface area contributed by atoms with E-state index in [1.165, 1.54) is 11.3 Å². The number of benzene rings is 1. The van der Waals surface area contributed by atoms with Crippen LogP contribution in [0.3, 0.4) is 0 Å². The lowest BCUT2D eigenvalue weighted by Gasteiger charge is -2.31. The standard InChI is InChI=1S/C33H48N8O3S/c1-20(2)13-26-33-38-28(19-45-33)32(44)37-25(14-24-11-9-8-10-12-24)31-34-23(7)39-41(31)18-30(43)36-27(22(5)6)16-40(15-21(3)4)17-29(42)35-26/h8-12,19-22,25-27H,13-18H2,1-7H3,(H,35,42)(H,36,43)(H,37,44)/t25-,26-,27+/m0/s1. The normalized spacial score (nSPS) is 20.8. The summed E-state index contributed by atoms with van der Waals surface area (Å²) in [6.45, 7) is 15.7. The minimum Gasteiger partial charge on any atom is -0.350 e. The highest BCUT2D eigenvalue weighted by Gasteiger charge is 2.29. The Hall–Kier alpha value is -3.64. The molecule has 3 heterocycles. The largest absolute Gasteiger partial charge is 0.350 e. The molecule has 3 aromatic rings. The number of carbonyl (C=O) groups is 3. The van der Waals surface area contributed by atoms with Crippen LogP contribution in [0.1, 0.15) is 92.8 Å². The van der Waals surface area contributed by atoms with Crippen molar-refractivity contribution in [3.63, 3.8) is 0 Å². The van der Waals surface area contributed by atoms with E-state index < -0.39 is 6.04 Å². The lowest BCUT2D eigenvalue weighted by Crippen LogP contribution is -2.50. The number of thiazole rings is 1. The average Bonchev–Trinajstić information content (AvgIpc) is 3.58. The van der Waals surface area contributed by atoms with Crippen LogP contribution in [-0.4, -0.2) is 68.0 Å². The minimum atomic E-state index is -0.563. The number of carbonyl (C=O) groups excluding carboxylic acids is 3. The molecule has 2 bridgehead atoms. The molecule has 0 saturated carbocycles. The summed E-state index contributed by atoms with van der Waals surface area (Å²) in [4.78, 5) is 52.2. The number of hydrogen-bond donors (Lipinski definition) is 3. The number of nitrogens with zero attached hydrogens (tertiary/aromatic N) is 5. The maximum Gasteiger partial charge on any atom is 0.271 e. The molecule has 45 heavy (non-hydrogen) atoms. The first-order valence-corrected chi connectivity index (χ1v) is 16.8. The first kappa shape index (κ1) is 34.2. The molecular formula is C33H48N8O3S. The molecule has 3 amide bonds. The van der Waals surface area contributed by atoms with Crippen molar-refractivity contribution in [2.45, 2.75) is 86.0 Å². The fraction of sp³-hybridized carbons (Fsp3) is 0.576. The van der Waals surface area contributed by atoms with Crippen LogP contribution in [0.15, 0.2) is 35.7 Å². The summed E-state index contributed by atoms with van der Waals surface area (Å²) >= 11 is 1.37. The summed E-state index contributed by atoms with van der Waals surface area (Å²) in [5.74, 6) is 1.10. The van der Waals surface area contributed by atoms with Gasteiger partial charge in [-0.1, -0.05) is 71.9 Å². The van der Waals surface area contributed by atoms with Crippen LogP contribution in [0, 0.1) is 24.7 Å². The number of aromatic nitrogens is 4. The number of amides is 3. The summed E-state index contributed by atoms with van der Waals surface area (Å²) in [6, 6.07) is 8.76. The molecule has 0 radical (unpaired) electrons. The van der Waals surface area contributed by atoms with Gasteiger partial charge in [-0.15, -0.1) is 11.3 Å². The molecular weight excluding hydrogens is 588 g/mol. The Labute approximate surface area is 270 Å². The third-order valence-electron chi connectivity index (χ3n) is 7.69. The molecule has 0 unspecified atom stereocenters. The SMILES string of the molecule is Cc1nc2n(n1)CC(=O)N[C@@H](C(C)C)CN(CC(C)C)CC(=O)N[C@@H](CC(C)C)c1nc(cs1)C(=O)N[C@H]2Cc1ccccc1. The second kappa shape index (κ2) is 15.6. The molecule has 0 spiro atoms. The van der Waals surface area contributed by atoms with Gasteiger partial charge in [-0.05, 0) is 43.1 Å². The van der Waals surface area contributed by atoms with Crippen molar-refractivity contribution in [1.29, 1.82) is 0 Å². The molecule has 0 fully saturated rings. The monoisotopic (exact) mass is 636 g/mol. The number of rotatable bonds is 7. The van der Waals surface area contributed by atoms with Crippen molar-refractivity contribution in [2.75, 3.05) is 19.6 Å². The molecule has 12 heteroatoms. The van der Waals surface area contributed by atoms with Crippen molar-refractivity contribution >= 4 is 29.1 Å². The zero-order valence-corrected chi connectivity index (χ0v) is 28.4. The van der Waals surface area contributed by atoms with E-state index in [1.54, 1.807) is 17.0 Å². The van der Waals surface area contributed by atoms with Gasteiger partial charge >= 0.3 is 0 Å². The van der Waals surface area contributed by atoms with E-state index >= 15 is 0 Å². The predicted octanol–water partition coefficient (Wildman–Crippen LogP) is 4.07. The first-order chi connectivity index (χ1) is 21.4. The van der Waals surface area contributed by atoms with E-state index in [0.717, 1.165) is 5.56 Å². The highest BCUT2D eigenvalue weighted by Crippen LogP contribution is 2.26. The maximum absolute atomic E-state index is 13.7. The zero-order valence-electron chi connectivity index (χ0n) is 27.5. The van der Waals surface area contributed by atoms with E-state index in [1.807, 2.05) is 30.3 Å². The van der Waals surface area contributed by atoms with Crippen molar-refractivity contribution in [1.82, 2.24) is 40.6 Å². The molecule has 1 aromatic carbocycles. The number of fused-ring (bicyclic) bond motifs is 3. The fourth-order valence-electron chi connectivity index (χ4n) is 5.63. The zero-order chi connectivity index (χ0) is 32.7. The van der Waals surface area contributed by atoms with Gasteiger partial charge in [0.15, 0.2) is 5.82 Å². The van der Waals surface area contributed by atoms with E-state index in [9.17, 15) is 14.4 Å². The number of hydrogen-bond acceptors (Lipinski definition) is 8. The van der Waals surface area contributed by atoms with Crippen molar-refractivity contribution in [3.05, 3.63) is 63.6 Å². The molecule has 4 rings (SSSR count). The Kier molecular flexibility index (Phi) is 11.8. The van der Waals surface area contributed by atoms with Crippen LogP contribution in [0.2, 0.25) is 0 Å². The quantitative estimate of drug-likeness (QED) is 0.356. The smallest absolute Gasteiger partial charge is 0.271 e. The Balaban J connectivity index is 1.75. The van der Waals surface area contributed by atoms with Gasteiger partial charge in [-0.25, -0.2) is 14.6 Å². The van der Waals surface area contributed by atoms with Gasteiger partial charge in [0.25, 0.3) is 5.91 Å². The summed E-state index contributed by atoms with van der Waals surface area (Å²) in [5.41, 5.74) is 1.28. The van der Waals surface area contributed by atoms with Crippen LogP contribution < -0.4 is 16.0 Å². The Bertz CT molecular complexity index is 1430. The van der Waals surface area contributed by atoms with Crippen LogP contribution in [0.4, 0.5) is 0 Å². The highest BCUT2D eigenvalue weighted by atomic mass is 32.1. The van der Waals surface area contributed by atoms with Gasteiger partial charge in [-0.3, -0.25) is 19.3 Å². The van der Waals surface area contributed by atoms with Gasteiger partial charge in [0.2, 0.25) is 11.8 Å². The third kappa shape index (κ3) is 9.92. The van der Waals surface area contributed by atoms with Gasteiger partial charge < -0.3 is 16.0 Å². The third-order valence-corrected chi connectivity index (χ3v) is 8.65. The van der Waals surface area contributed by atoms with Crippen LogP contribution in [-0.2, 0) is 22.6 Å². The molecule has 1 aliphatic rings. The van der Waals surface area contributed by atoms with Crippen molar-refractivity contribution < 1.29 is 14.4 Å². The predicted molar refractivity (Wildman–Crippen MR) is 176 cm³/mol. The number of aryl methyl sites for hydroxylation is 1. The van der Waals surface area contributed by atoms with Gasteiger partial charge in [0.05, 0.1) is 18.6 Å². The Morgan fingerprint density at radius 2 is 1.60 bits per heavy atom. The van der Waals surface area contributed by atoms with Crippen molar-refractivity contribution in [2.24, 2.45) is 17.8 Å². The lowest BCUT2D eigenvalue weighted by molar-refractivity contribution is -0.123. The molecule has 244 valence electrons. The van der Waals surface area contributed by atoms with Crippen LogP contribution >= 0.6 is 11.3 Å². The Morgan fingerprint density at radius 1 is 0.889 bits per heavy atom. The summed E-state index contributed by atoms with van der Waals surface area (Å²) in [6.07, 6.45) is 1.14. The van der Waals surface area contributed by atoms with Gasteiger partial charge in [-0.2, -0.15) is 5.10 Å². The Morgan fingerprint density at radius 3 is 2.27 bits per heavy atom. The molecule has 3 atom stereocenters. The summed E-state index contributed by atoms with van der Waals surface area (Å²) in [7, 11) is 0. The van der Waals surface area contributed by atoms with Gasteiger partial charge in [0.1, 0.15) is 23.1 Å². The average molecular weight is 637 g/mol. The van der Waals surface area contributed by atoms with E-state index in [4.69, 9.17) is 4.98 Å². The molecule has 11 nitrogen and oxygen atoms in total. The molecule has 0 aliphatic carbocycles. The molecule has 0 saturated heterocycles. The van der Waals surface area contributed by atoms with Crippen LogP contribution in [0.5, 0.6) is 0 Å².